The first kappa shape index (κ1) is 11.9. The van der Waals surface area contributed by atoms with Gasteiger partial charge in [0.15, 0.2) is 0 Å². The molecule has 0 amide bonds. The van der Waals surface area contributed by atoms with Gasteiger partial charge in [0.2, 0.25) is 0 Å². The summed E-state index contributed by atoms with van der Waals surface area (Å²) in [5, 5.41) is 14.7. The van der Waals surface area contributed by atoms with E-state index < -0.39 is 0 Å². The molecule has 0 saturated carbocycles. The topological polar surface area (TPSA) is 58.5 Å². The van der Waals surface area contributed by atoms with Crippen LogP contribution in [0.5, 0.6) is 0 Å². The number of aryl methyl sites for hydroxylation is 2. The van der Waals surface area contributed by atoms with Crippen molar-refractivity contribution in [3.05, 3.63) is 35.4 Å². The van der Waals surface area contributed by atoms with E-state index >= 15 is 0 Å². The van der Waals surface area contributed by atoms with Gasteiger partial charge in [-0.2, -0.15) is 10.2 Å². The molecule has 2 aromatic heterocycles. The molecule has 2 aromatic rings. The third kappa shape index (κ3) is 2.74. The number of H-pyrrole nitrogens is 1. The number of hydrogen-bond acceptors (Lipinski definition) is 3. The number of rotatable bonds is 5. The number of nitrogens with zero attached hydrogens (tertiary/aromatic N) is 3. The fraction of sp³-hybridized carbons (Fsp3) is 0.500. The van der Waals surface area contributed by atoms with Gasteiger partial charge < -0.3 is 5.32 Å². The molecule has 5 heteroatoms. The van der Waals surface area contributed by atoms with Gasteiger partial charge in [-0.1, -0.05) is 0 Å². The zero-order valence-corrected chi connectivity index (χ0v) is 10.6. The second-order valence-electron chi connectivity index (χ2n) is 4.25. The summed E-state index contributed by atoms with van der Waals surface area (Å²) in [6, 6.07) is 0.296. The molecule has 0 spiro atoms. The first-order valence-electron chi connectivity index (χ1n) is 5.95. The van der Waals surface area contributed by atoms with E-state index in [1.54, 1.807) is 0 Å². The second kappa shape index (κ2) is 5.14. The zero-order valence-electron chi connectivity index (χ0n) is 10.6. The lowest BCUT2D eigenvalue weighted by molar-refractivity contribution is 0.571. The maximum Gasteiger partial charge on any atom is 0.0537 e. The number of aromatic amines is 1. The smallest absolute Gasteiger partial charge is 0.0537 e. The molecule has 0 saturated heterocycles. The summed E-state index contributed by atoms with van der Waals surface area (Å²) in [6.07, 6.45) is 5.87. The van der Waals surface area contributed by atoms with Crippen LogP contribution >= 0.6 is 0 Å². The molecule has 1 atom stereocenters. The van der Waals surface area contributed by atoms with Crippen LogP contribution in [-0.2, 0) is 13.1 Å². The van der Waals surface area contributed by atoms with Crippen LogP contribution in [0, 0.1) is 6.92 Å². The van der Waals surface area contributed by atoms with Crippen molar-refractivity contribution in [1.29, 1.82) is 0 Å². The van der Waals surface area contributed by atoms with E-state index in [0.717, 1.165) is 18.8 Å². The molecule has 0 aliphatic rings. The Balaban J connectivity index is 1.93. The monoisotopic (exact) mass is 233 g/mol. The van der Waals surface area contributed by atoms with Crippen molar-refractivity contribution in [3.8, 4) is 0 Å². The summed E-state index contributed by atoms with van der Waals surface area (Å²) in [5.74, 6) is 0. The molecule has 17 heavy (non-hydrogen) atoms. The van der Waals surface area contributed by atoms with Crippen LogP contribution in [-0.4, -0.2) is 20.0 Å². The van der Waals surface area contributed by atoms with Gasteiger partial charge in [-0.15, -0.1) is 0 Å². The maximum atomic E-state index is 4.28. The SMILES string of the molecule is CCn1cc(C(C)NCc2cn[nH]c2C)cn1. The molecule has 2 N–H and O–H groups in total. The van der Waals surface area contributed by atoms with Crippen LogP contribution < -0.4 is 5.32 Å². The Morgan fingerprint density at radius 3 is 2.88 bits per heavy atom. The molecule has 0 radical (unpaired) electrons. The molecule has 0 bridgehead atoms. The second-order valence-corrected chi connectivity index (χ2v) is 4.25. The predicted octanol–water partition coefficient (Wildman–Crippen LogP) is 1.79. The minimum Gasteiger partial charge on any atom is -0.306 e. The van der Waals surface area contributed by atoms with Gasteiger partial charge in [0.1, 0.15) is 0 Å². The minimum absolute atomic E-state index is 0.296. The third-order valence-electron chi connectivity index (χ3n) is 3.01. The van der Waals surface area contributed by atoms with Crippen molar-refractivity contribution >= 4 is 0 Å². The van der Waals surface area contributed by atoms with Gasteiger partial charge in [0, 0.05) is 42.1 Å². The molecular formula is C12H19N5. The van der Waals surface area contributed by atoms with Crippen LogP contribution in [0.1, 0.15) is 36.7 Å². The number of hydrogen-bond donors (Lipinski definition) is 2. The molecule has 0 aliphatic carbocycles. The van der Waals surface area contributed by atoms with E-state index in [1.807, 2.05) is 24.0 Å². The summed E-state index contributed by atoms with van der Waals surface area (Å²) in [6.45, 7) is 7.99. The molecule has 92 valence electrons. The normalized spacial score (nSPS) is 12.9. The Hall–Kier alpha value is -1.62. The van der Waals surface area contributed by atoms with E-state index in [2.05, 4.69) is 40.7 Å². The van der Waals surface area contributed by atoms with Crippen LogP contribution in [0.3, 0.4) is 0 Å². The summed E-state index contributed by atoms with van der Waals surface area (Å²) < 4.78 is 1.94. The first-order valence-corrected chi connectivity index (χ1v) is 5.95. The fourth-order valence-electron chi connectivity index (χ4n) is 1.71. The van der Waals surface area contributed by atoms with Crippen molar-refractivity contribution in [1.82, 2.24) is 25.3 Å². The minimum atomic E-state index is 0.296. The van der Waals surface area contributed by atoms with Crippen LogP contribution in [0.15, 0.2) is 18.6 Å². The number of nitrogens with one attached hydrogen (secondary N) is 2. The average Bonchev–Trinajstić information content (AvgIpc) is 2.94. The van der Waals surface area contributed by atoms with E-state index in [0.29, 0.717) is 6.04 Å². The quantitative estimate of drug-likeness (QED) is 0.827. The van der Waals surface area contributed by atoms with Gasteiger partial charge in [-0.25, -0.2) is 0 Å². The molecule has 0 aliphatic heterocycles. The standard InChI is InChI=1S/C12H19N5/c1-4-17-8-12(7-15-17)9(2)13-5-11-6-14-16-10(11)3/h6-9,13H,4-5H2,1-3H3,(H,14,16). The van der Waals surface area contributed by atoms with Gasteiger partial charge >= 0.3 is 0 Å². The Kier molecular flexibility index (Phi) is 3.58. The Bertz CT molecular complexity index is 471. The van der Waals surface area contributed by atoms with Crippen molar-refractivity contribution in [3.63, 3.8) is 0 Å². The van der Waals surface area contributed by atoms with Crippen LogP contribution in [0.2, 0.25) is 0 Å². The highest BCUT2D eigenvalue weighted by molar-refractivity contribution is 5.15. The van der Waals surface area contributed by atoms with Gasteiger partial charge in [0.05, 0.1) is 12.4 Å². The Morgan fingerprint density at radius 2 is 2.29 bits per heavy atom. The summed E-state index contributed by atoms with van der Waals surface area (Å²) in [4.78, 5) is 0. The highest BCUT2D eigenvalue weighted by atomic mass is 15.3. The fourth-order valence-corrected chi connectivity index (χ4v) is 1.71. The van der Waals surface area contributed by atoms with E-state index in [4.69, 9.17) is 0 Å². The van der Waals surface area contributed by atoms with E-state index in [1.165, 1.54) is 11.1 Å². The number of aromatic nitrogens is 4. The van der Waals surface area contributed by atoms with Crippen LogP contribution in [0.4, 0.5) is 0 Å². The van der Waals surface area contributed by atoms with Gasteiger partial charge in [-0.05, 0) is 20.8 Å². The molecule has 0 fully saturated rings. The predicted molar refractivity (Wildman–Crippen MR) is 66.5 cm³/mol. The average molecular weight is 233 g/mol. The van der Waals surface area contributed by atoms with Crippen molar-refractivity contribution < 1.29 is 0 Å². The summed E-state index contributed by atoms with van der Waals surface area (Å²) in [5.41, 5.74) is 3.54. The van der Waals surface area contributed by atoms with Crippen molar-refractivity contribution in [2.75, 3.05) is 0 Å². The molecule has 0 aromatic carbocycles. The van der Waals surface area contributed by atoms with E-state index in [9.17, 15) is 0 Å². The Morgan fingerprint density at radius 1 is 1.47 bits per heavy atom. The van der Waals surface area contributed by atoms with E-state index in [-0.39, 0.29) is 0 Å². The highest BCUT2D eigenvalue weighted by Gasteiger charge is 2.08. The lowest BCUT2D eigenvalue weighted by Gasteiger charge is -2.11. The van der Waals surface area contributed by atoms with Gasteiger partial charge in [-0.3, -0.25) is 9.78 Å². The van der Waals surface area contributed by atoms with Gasteiger partial charge in [0.25, 0.3) is 0 Å². The van der Waals surface area contributed by atoms with Crippen molar-refractivity contribution in [2.24, 2.45) is 0 Å². The van der Waals surface area contributed by atoms with Crippen molar-refractivity contribution in [2.45, 2.75) is 39.9 Å². The van der Waals surface area contributed by atoms with Crippen LogP contribution in [0.25, 0.3) is 0 Å². The highest BCUT2D eigenvalue weighted by Crippen LogP contribution is 2.12. The maximum absolute atomic E-state index is 4.28. The molecular weight excluding hydrogens is 214 g/mol. The lowest BCUT2D eigenvalue weighted by Crippen LogP contribution is -2.17. The largest absolute Gasteiger partial charge is 0.306 e. The molecule has 1 unspecified atom stereocenters. The zero-order chi connectivity index (χ0) is 12.3. The first-order chi connectivity index (χ1) is 8.20. The molecule has 2 heterocycles. The molecule has 2 rings (SSSR count). The Labute approximate surface area is 101 Å². The molecule has 5 nitrogen and oxygen atoms in total. The third-order valence-corrected chi connectivity index (χ3v) is 3.01. The summed E-state index contributed by atoms with van der Waals surface area (Å²) >= 11 is 0. The summed E-state index contributed by atoms with van der Waals surface area (Å²) in [7, 11) is 0. The lowest BCUT2D eigenvalue weighted by atomic mass is 10.2.